The minimum absolute atomic E-state index is 0.108. The molecule has 1 aromatic heterocycles. The van der Waals surface area contributed by atoms with Gasteiger partial charge >= 0.3 is 0 Å². The van der Waals surface area contributed by atoms with Gasteiger partial charge in [0.15, 0.2) is 6.61 Å². The third kappa shape index (κ3) is 3.70. The Kier molecular flexibility index (Phi) is 4.95. The van der Waals surface area contributed by atoms with Gasteiger partial charge in [0.1, 0.15) is 5.75 Å². The Morgan fingerprint density at radius 3 is 2.15 bits per heavy atom. The Morgan fingerprint density at radius 2 is 1.58 bits per heavy atom. The largest absolute Gasteiger partial charge is 0.485 e. The van der Waals surface area contributed by atoms with Gasteiger partial charge in [-0.05, 0) is 56.3 Å². The second kappa shape index (κ2) is 7.17. The molecule has 0 radical (unpaired) electrons. The Balaban J connectivity index is 1.70. The van der Waals surface area contributed by atoms with E-state index in [1.165, 1.54) is 12.1 Å². The summed E-state index contributed by atoms with van der Waals surface area (Å²) in [7, 11) is -3.56. The molecule has 3 rings (SSSR count). The molecule has 0 spiro atoms. The molecule has 2 aromatic carbocycles. The number of ketones is 1. The van der Waals surface area contributed by atoms with E-state index in [1.54, 1.807) is 48.5 Å². The van der Waals surface area contributed by atoms with Crippen LogP contribution < -0.4 is 4.74 Å². The van der Waals surface area contributed by atoms with E-state index in [9.17, 15) is 13.2 Å². The normalized spacial score (nSPS) is 11.3. The number of rotatable bonds is 6. The highest BCUT2D eigenvalue weighted by molar-refractivity contribution is 7.91. The van der Waals surface area contributed by atoms with Crippen molar-refractivity contribution in [2.24, 2.45) is 0 Å². The number of hydrogen-bond donors (Lipinski definition) is 1. The molecule has 6 heteroatoms. The van der Waals surface area contributed by atoms with Crippen molar-refractivity contribution in [2.75, 3.05) is 6.61 Å². The molecule has 1 N–H and O–H groups in total. The van der Waals surface area contributed by atoms with Crippen LogP contribution in [-0.2, 0) is 9.84 Å². The van der Waals surface area contributed by atoms with Crippen molar-refractivity contribution in [1.29, 1.82) is 0 Å². The minimum Gasteiger partial charge on any atom is -0.485 e. The summed E-state index contributed by atoms with van der Waals surface area (Å²) >= 11 is 0. The first kappa shape index (κ1) is 17.9. The summed E-state index contributed by atoms with van der Waals surface area (Å²) in [5.74, 6) is 0.308. The average molecular weight is 369 g/mol. The zero-order valence-corrected chi connectivity index (χ0v) is 15.3. The molecule has 0 aliphatic carbocycles. The van der Waals surface area contributed by atoms with Crippen LogP contribution in [0.5, 0.6) is 5.75 Å². The Morgan fingerprint density at radius 1 is 0.962 bits per heavy atom. The van der Waals surface area contributed by atoms with Crippen molar-refractivity contribution in [3.05, 3.63) is 77.6 Å². The molecule has 0 saturated heterocycles. The molecule has 0 aliphatic rings. The van der Waals surface area contributed by atoms with E-state index in [0.29, 0.717) is 11.3 Å². The number of hydrogen-bond acceptors (Lipinski definition) is 4. The maximum atomic E-state index is 12.5. The van der Waals surface area contributed by atoms with Gasteiger partial charge in [0.2, 0.25) is 15.6 Å². The predicted molar refractivity (Wildman–Crippen MR) is 98.4 cm³/mol. The first-order valence-corrected chi connectivity index (χ1v) is 9.58. The van der Waals surface area contributed by atoms with Gasteiger partial charge in [-0.2, -0.15) is 0 Å². The van der Waals surface area contributed by atoms with E-state index in [4.69, 9.17) is 4.74 Å². The van der Waals surface area contributed by atoms with Gasteiger partial charge in [-0.25, -0.2) is 8.42 Å². The monoisotopic (exact) mass is 369 g/mol. The number of sulfone groups is 1. The summed E-state index contributed by atoms with van der Waals surface area (Å²) in [6.45, 7) is 3.61. The van der Waals surface area contributed by atoms with Crippen LogP contribution in [0.25, 0.3) is 0 Å². The highest BCUT2D eigenvalue weighted by atomic mass is 32.2. The fourth-order valence-electron chi connectivity index (χ4n) is 2.69. The number of benzene rings is 2. The fourth-order valence-corrected chi connectivity index (χ4v) is 3.97. The highest BCUT2D eigenvalue weighted by Gasteiger charge is 2.17. The zero-order valence-electron chi connectivity index (χ0n) is 14.5. The number of carbonyl (C=O) groups excluding carboxylic acids is 1. The van der Waals surface area contributed by atoms with Gasteiger partial charge in [0, 0.05) is 17.0 Å². The molecule has 0 bridgehead atoms. The summed E-state index contributed by atoms with van der Waals surface area (Å²) in [5.41, 5.74) is 2.33. The number of ether oxygens (including phenoxy) is 1. The molecule has 0 aliphatic heterocycles. The van der Waals surface area contributed by atoms with Gasteiger partial charge in [0.05, 0.1) is 9.79 Å². The Bertz CT molecular complexity index is 1020. The lowest BCUT2D eigenvalue weighted by atomic mass is 10.1. The van der Waals surface area contributed by atoms with E-state index in [1.807, 2.05) is 13.8 Å². The van der Waals surface area contributed by atoms with Crippen LogP contribution in [0.1, 0.15) is 21.7 Å². The minimum atomic E-state index is -3.56. The molecular weight excluding hydrogens is 350 g/mol. The Hall–Kier alpha value is -2.86. The molecular formula is C20H19NO4S. The van der Waals surface area contributed by atoms with Crippen LogP contribution in [0, 0.1) is 13.8 Å². The van der Waals surface area contributed by atoms with Gasteiger partial charge in [0.25, 0.3) is 0 Å². The average Bonchev–Trinajstić information content (AvgIpc) is 2.99. The Labute approximate surface area is 152 Å². The van der Waals surface area contributed by atoms with Crippen LogP contribution in [0.2, 0.25) is 0 Å². The van der Waals surface area contributed by atoms with Gasteiger partial charge in [-0.3, -0.25) is 4.79 Å². The first-order valence-electron chi connectivity index (χ1n) is 8.10. The molecule has 26 heavy (non-hydrogen) atoms. The van der Waals surface area contributed by atoms with E-state index in [-0.39, 0.29) is 22.2 Å². The van der Waals surface area contributed by atoms with Gasteiger partial charge in [-0.1, -0.05) is 18.2 Å². The molecule has 1 heterocycles. The third-order valence-electron chi connectivity index (χ3n) is 4.01. The van der Waals surface area contributed by atoms with E-state index in [2.05, 4.69) is 4.98 Å². The number of nitrogens with one attached hydrogen (secondary N) is 1. The second-order valence-electron chi connectivity index (χ2n) is 5.99. The first-order chi connectivity index (χ1) is 12.4. The summed E-state index contributed by atoms with van der Waals surface area (Å²) in [6.07, 6.45) is 0. The van der Waals surface area contributed by atoms with E-state index in [0.717, 1.165) is 11.4 Å². The molecule has 134 valence electrons. The number of aryl methyl sites for hydroxylation is 2. The lowest BCUT2D eigenvalue weighted by Crippen LogP contribution is -2.12. The number of Topliss-reactive ketones (excluding diaryl/α,β-unsaturated/α-hetero) is 1. The third-order valence-corrected chi connectivity index (χ3v) is 5.79. The summed E-state index contributed by atoms with van der Waals surface area (Å²) in [6, 6.07) is 16.1. The van der Waals surface area contributed by atoms with Crippen LogP contribution in [0.15, 0.2) is 70.5 Å². The molecule has 0 atom stereocenters. The zero-order chi connectivity index (χ0) is 18.7. The van der Waals surface area contributed by atoms with Crippen LogP contribution in [-0.4, -0.2) is 25.8 Å². The standard InChI is InChI=1S/C20H19NO4S/c1-14-12-19(15(2)21-14)20(22)13-25-16-8-10-18(11-9-16)26(23,24)17-6-4-3-5-7-17/h3-12,21H,13H2,1-2H3. The predicted octanol–water partition coefficient (Wildman–Crippen LogP) is 3.73. The van der Waals surface area contributed by atoms with Crippen molar-refractivity contribution < 1.29 is 17.9 Å². The molecule has 3 aromatic rings. The summed E-state index contributed by atoms with van der Waals surface area (Å²) < 4.78 is 30.6. The lowest BCUT2D eigenvalue weighted by molar-refractivity contribution is 0.0921. The summed E-state index contributed by atoms with van der Waals surface area (Å²) in [4.78, 5) is 15.7. The number of H-pyrrole nitrogens is 1. The second-order valence-corrected chi connectivity index (χ2v) is 7.94. The lowest BCUT2D eigenvalue weighted by Gasteiger charge is -2.08. The maximum Gasteiger partial charge on any atom is 0.206 e. The van der Waals surface area contributed by atoms with Crippen molar-refractivity contribution in [1.82, 2.24) is 4.98 Å². The quantitative estimate of drug-likeness (QED) is 0.672. The van der Waals surface area contributed by atoms with Crippen LogP contribution >= 0.6 is 0 Å². The number of carbonyl (C=O) groups is 1. The molecule has 0 fully saturated rings. The van der Waals surface area contributed by atoms with Gasteiger partial charge in [-0.15, -0.1) is 0 Å². The molecule has 0 saturated carbocycles. The van der Waals surface area contributed by atoms with Crippen molar-refractivity contribution in [2.45, 2.75) is 23.6 Å². The van der Waals surface area contributed by atoms with Crippen molar-refractivity contribution in [3.63, 3.8) is 0 Å². The van der Waals surface area contributed by atoms with Crippen molar-refractivity contribution >= 4 is 15.6 Å². The fraction of sp³-hybridized carbons (Fsp3) is 0.150. The van der Waals surface area contributed by atoms with Crippen LogP contribution in [0.3, 0.4) is 0 Å². The van der Waals surface area contributed by atoms with E-state index < -0.39 is 9.84 Å². The smallest absolute Gasteiger partial charge is 0.206 e. The molecule has 0 unspecified atom stereocenters. The topological polar surface area (TPSA) is 76.2 Å². The highest BCUT2D eigenvalue weighted by Crippen LogP contribution is 2.23. The van der Waals surface area contributed by atoms with Crippen molar-refractivity contribution in [3.8, 4) is 5.75 Å². The van der Waals surface area contributed by atoms with Crippen LogP contribution in [0.4, 0.5) is 0 Å². The number of aromatic amines is 1. The van der Waals surface area contributed by atoms with Gasteiger partial charge < -0.3 is 9.72 Å². The molecule has 0 amide bonds. The summed E-state index contributed by atoms with van der Waals surface area (Å²) in [5, 5.41) is 0. The van der Waals surface area contributed by atoms with E-state index >= 15 is 0 Å². The molecule has 5 nitrogen and oxygen atoms in total. The number of aromatic nitrogens is 1. The SMILES string of the molecule is Cc1cc(C(=O)COc2ccc(S(=O)(=O)c3ccccc3)cc2)c(C)[nH]1. The maximum absolute atomic E-state index is 12.5.